The lowest BCUT2D eigenvalue weighted by atomic mass is 10.00. The summed E-state index contributed by atoms with van der Waals surface area (Å²) in [4.78, 5) is 12.0. The van der Waals surface area contributed by atoms with E-state index in [0.717, 1.165) is 67.7 Å². The van der Waals surface area contributed by atoms with Crippen LogP contribution in [0.3, 0.4) is 0 Å². The Morgan fingerprint density at radius 2 is 1.94 bits per heavy atom. The number of hydrogen-bond acceptors (Lipinski definition) is 6. The van der Waals surface area contributed by atoms with Crippen molar-refractivity contribution in [2.75, 3.05) is 25.0 Å². The third kappa shape index (κ3) is 4.36. The highest BCUT2D eigenvalue weighted by molar-refractivity contribution is 5.88. The molecule has 6 nitrogen and oxygen atoms in total. The zero-order chi connectivity index (χ0) is 21.9. The number of aryl methyl sites for hydroxylation is 2. The van der Waals surface area contributed by atoms with Crippen LogP contribution >= 0.6 is 0 Å². The van der Waals surface area contributed by atoms with Crippen LogP contribution in [0.4, 0.5) is 5.82 Å². The van der Waals surface area contributed by atoms with Gasteiger partial charge in [-0.15, -0.1) is 0 Å². The van der Waals surface area contributed by atoms with Crippen molar-refractivity contribution in [3.63, 3.8) is 0 Å². The van der Waals surface area contributed by atoms with Crippen molar-refractivity contribution in [1.82, 2.24) is 20.0 Å². The summed E-state index contributed by atoms with van der Waals surface area (Å²) in [6.45, 7) is 8.04. The number of pyridine rings is 1. The highest BCUT2D eigenvalue weighted by Crippen LogP contribution is 2.29. The van der Waals surface area contributed by atoms with E-state index in [1.54, 1.807) is 0 Å². The Labute approximate surface area is 188 Å². The van der Waals surface area contributed by atoms with E-state index in [9.17, 15) is 0 Å². The van der Waals surface area contributed by atoms with Crippen LogP contribution in [0.15, 0.2) is 53.1 Å². The second kappa shape index (κ2) is 9.09. The number of hydrogen-bond donors (Lipinski definition) is 1. The lowest BCUT2D eigenvalue weighted by molar-refractivity contribution is 0.264. The Kier molecular flexibility index (Phi) is 5.86. The standard InChI is InChI=1S/C26H29N5O/c1-3-6-24-29-26(30-32-24)22-16-20-10-9-18(2)15-23(20)28-25(22)27-12-14-31-13-11-19-7-4-5-8-21(19)17-31/h4-5,7-10,15-16H,3,6,11-14,17H2,1-2H3,(H,27,28). The molecule has 1 aliphatic rings. The van der Waals surface area contributed by atoms with E-state index in [-0.39, 0.29) is 0 Å². The van der Waals surface area contributed by atoms with Gasteiger partial charge in [-0.3, -0.25) is 4.90 Å². The first kappa shape index (κ1) is 20.6. The Morgan fingerprint density at radius 3 is 2.81 bits per heavy atom. The van der Waals surface area contributed by atoms with E-state index in [1.807, 2.05) is 0 Å². The normalized spacial score (nSPS) is 13.9. The topological polar surface area (TPSA) is 67.1 Å². The fraction of sp³-hybridized carbons (Fsp3) is 0.346. The molecule has 0 saturated heterocycles. The molecule has 3 heterocycles. The zero-order valence-electron chi connectivity index (χ0n) is 18.8. The zero-order valence-corrected chi connectivity index (χ0v) is 18.8. The molecule has 0 aliphatic carbocycles. The molecule has 5 rings (SSSR count). The quantitative estimate of drug-likeness (QED) is 0.447. The summed E-state index contributed by atoms with van der Waals surface area (Å²) in [5.41, 5.74) is 5.97. The largest absolute Gasteiger partial charge is 0.368 e. The maximum Gasteiger partial charge on any atom is 0.226 e. The fourth-order valence-electron chi connectivity index (χ4n) is 4.34. The lowest BCUT2D eigenvalue weighted by Crippen LogP contribution is -2.34. The molecule has 0 amide bonds. The molecule has 0 atom stereocenters. The third-order valence-corrected chi connectivity index (χ3v) is 6.08. The van der Waals surface area contributed by atoms with Crippen LogP contribution < -0.4 is 5.32 Å². The molecule has 164 valence electrons. The lowest BCUT2D eigenvalue weighted by Gasteiger charge is -2.28. The van der Waals surface area contributed by atoms with E-state index in [0.29, 0.717) is 11.7 Å². The molecule has 0 saturated carbocycles. The van der Waals surface area contributed by atoms with Gasteiger partial charge in [0.2, 0.25) is 11.7 Å². The monoisotopic (exact) mass is 427 g/mol. The predicted octanol–water partition coefficient (Wildman–Crippen LogP) is 5.02. The maximum atomic E-state index is 5.45. The SMILES string of the molecule is CCCc1nc(-c2cc3ccc(C)cc3nc2NCCN2CCc3ccccc3C2)no1. The molecule has 1 aliphatic heterocycles. The summed E-state index contributed by atoms with van der Waals surface area (Å²) < 4.78 is 5.45. The Hall–Kier alpha value is -3.25. The smallest absolute Gasteiger partial charge is 0.226 e. The minimum absolute atomic E-state index is 0.595. The average molecular weight is 428 g/mol. The van der Waals surface area contributed by atoms with E-state index in [4.69, 9.17) is 9.51 Å². The van der Waals surface area contributed by atoms with Gasteiger partial charge in [-0.1, -0.05) is 48.5 Å². The highest BCUT2D eigenvalue weighted by atomic mass is 16.5. The molecular formula is C26H29N5O. The molecule has 32 heavy (non-hydrogen) atoms. The van der Waals surface area contributed by atoms with Gasteiger partial charge < -0.3 is 9.84 Å². The van der Waals surface area contributed by atoms with Crippen molar-refractivity contribution in [2.24, 2.45) is 0 Å². The summed E-state index contributed by atoms with van der Waals surface area (Å²) in [7, 11) is 0. The summed E-state index contributed by atoms with van der Waals surface area (Å²) in [5.74, 6) is 2.08. The Bertz CT molecular complexity index is 1230. The molecule has 6 heteroatoms. The van der Waals surface area contributed by atoms with E-state index >= 15 is 0 Å². The number of nitrogens with one attached hydrogen (secondary N) is 1. The number of benzene rings is 2. The van der Waals surface area contributed by atoms with E-state index < -0.39 is 0 Å². The van der Waals surface area contributed by atoms with Crippen LogP contribution in [-0.2, 0) is 19.4 Å². The van der Waals surface area contributed by atoms with Gasteiger partial charge in [0, 0.05) is 38.0 Å². The van der Waals surface area contributed by atoms with Crippen molar-refractivity contribution in [3.05, 3.63) is 71.1 Å². The van der Waals surface area contributed by atoms with Crippen molar-refractivity contribution in [1.29, 1.82) is 0 Å². The molecule has 0 unspecified atom stereocenters. The summed E-state index contributed by atoms with van der Waals surface area (Å²) >= 11 is 0. The van der Waals surface area contributed by atoms with Crippen LogP contribution in [0.1, 0.15) is 35.9 Å². The van der Waals surface area contributed by atoms with Crippen molar-refractivity contribution in [2.45, 2.75) is 39.7 Å². The second-order valence-corrected chi connectivity index (χ2v) is 8.56. The van der Waals surface area contributed by atoms with Gasteiger partial charge in [-0.2, -0.15) is 4.98 Å². The molecule has 0 radical (unpaired) electrons. The second-order valence-electron chi connectivity index (χ2n) is 8.56. The van der Waals surface area contributed by atoms with Gasteiger partial charge in [0.05, 0.1) is 11.1 Å². The van der Waals surface area contributed by atoms with Gasteiger partial charge >= 0.3 is 0 Å². The molecule has 0 spiro atoms. The van der Waals surface area contributed by atoms with Gasteiger partial charge in [0.1, 0.15) is 5.82 Å². The number of fused-ring (bicyclic) bond motifs is 2. The molecule has 4 aromatic rings. The molecule has 2 aromatic heterocycles. The molecule has 0 fully saturated rings. The first-order valence-electron chi connectivity index (χ1n) is 11.5. The third-order valence-electron chi connectivity index (χ3n) is 6.08. The summed E-state index contributed by atoms with van der Waals surface area (Å²) in [6.07, 6.45) is 2.87. The predicted molar refractivity (Wildman–Crippen MR) is 128 cm³/mol. The highest BCUT2D eigenvalue weighted by Gasteiger charge is 2.17. The summed E-state index contributed by atoms with van der Waals surface area (Å²) in [5, 5.41) is 8.87. The molecular weight excluding hydrogens is 398 g/mol. The maximum absolute atomic E-state index is 5.45. The van der Waals surface area contributed by atoms with Gasteiger partial charge in [-0.05, 0) is 48.6 Å². The van der Waals surface area contributed by atoms with Crippen LogP contribution in [0, 0.1) is 6.92 Å². The van der Waals surface area contributed by atoms with E-state index in [2.05, 4.69) is 82.7 Å². The minimum atomic E-state index is 0.595. The van der Waals surface area contributed by atoms with Crippen LogP contribution in [0.2, 0.25) is 0 Å². The summed E-state index contributed by atoms with van der Waals surface area (Å²) in [6, 6.07) is 17.2. The van der Waals surface area contributed by atoms with E-state index in [1.165, 1.54) is 16.7 Å². The number of rotatable bonds is 7. The first-order valence-corrected chi connectivity index (χ1v) is 11.5. The first-order chi connectivity index (χ1) is 15.7. The van der Waals surface area contributed by atoms with Crippen molar-refractivity contribution < 1.29 is 4.52 Å². The van der Waals surface area contributed by atoms with Crippen LogP contribution in [-0.4, -0.2) is 39.7 Å². The van der Waals surface area contributed by atoms with Crippen molar-refractivity contribution in [3.8, 4) is 11.4 Å². The Morgan fingerprint density at radius 1 is 1.06 bits per heavy atom. The van der Waals surface area contributed by atoms with Crippen LogP contribution in [0.25, 0.3) is 22.3 Å². The molecule has 0 bridgehead atoms. The molecule has 2 aromatic carbocycles. The van der Waals surface area contributed by atoms with Crippen LogP contribution in [0.5, 0.6) is 0 Å². The number of aromatic nitrogens is 3. The van der Waals surface area contributed by atoms with Gasteiger partial charge in [0.25, 0.3) is 0 Å². The van der Waals surface area contributed by atoms with Crippen molar-refractivity contribution >= 4 is 16.7 Å². The minimum Gasteiger partial charge on any atom is -0.368 e. The number of nitrogens with zero attached hydrogens (tertiary/aromatic N) is 4. The van der Waals surface area contributed by atoms with Gasteiger partial charge in [-0.25, -0.2) is 4.98 Å². The number of anilines is 1. The Balaban J connectivity index is 1.36. The molecule has 1 N–H and O–H groups in total. The fourth-order valence-corrected chi connectivity index (χ4v) is 4.34. The van der Waals surface area contributed by atoms with Gasteiger partial charge in [0.15, 0.2) is 0 Å². The average Bonchev–Trinajstić information content (AvgIpc) is 3.27.